The molecule has 1 saturated heterocycles. The zero-order valence-electron chi connectivity index (χ0n) is 22.4. The maximum atomic E-state index is 13.5. The summed E-state index contributed by atoms with van der Waals surface area (Å²) < 4.78 is 0. The number of nitrogens with zero attached hydrogens (tertiary/aromatic N) is 3. The van der Waals surface area contributed by atoms with Gasteiger partial charge in [0.1, 0.15) is 5.76 Å². The summed E-state index contributed by atoms with van der Waals surface area (Å²) in [5.41, 5.74) is 5.87. The second kappa shape index (κ2) is 10.5. The summed E-state index contributed by atoms with van der Waals surface area (Å²) in [6, 6.07) is 20.4. The number of carbonyl (C=O) groups is 2. The maximum absolute atomic E-state index is 13.5. The molecule has 0 aromatic heterocycles. The van der Waals surface area contributed by atoms with Gasteiger partial charge in [-0.05, 0) is 81.3 Å². The first-order valence-corrected chi connectivity index (χ1v) is 12.7. The first-order chi connectivity index (χ1) is 17.7. The quantitative estimate of drug-likeness (QED) is 0.252. The van der Waals surface area contributed by atoms with Gasteiger partial charge in [0.2, 0.25) is 0 Å². The van der Waals surface area contributed by atoms with Crippen LogP contribution < -0.4 is 14.7 Å². The van der Waals surface area contributed by atoms with E-state index in [-0.39, 0.29) is 11.3 Å². The fourth-order valence-corrected chi connectivity index (χ4v) is 4.92. The minimum atomic E-state index is -0.754. The van der Waals surface area contributed by atoms with E-state index in [1.54, 1.807) is 0 Å². The summed E-state index contributed by atoms with van der Waals surface area (Å²) in [7, 11) is 3.91. The average molecular weight is 498 g/mol. The number of benzene rings is 3. The Bertz CT molecular complexity index is 1340. The lowest BCUT2D eigenvalue weighted by molar-refractivity contribution is -0.132. The highest BCUT2D eigenvalue weighted by atomic mass is 16.3. The molecule has 0 saturated carbocycles. The molecule has 1 atom stereocenters. The largest absolute Gasteiger partial charge is 0.507 e. The normalized spacial score (nSPS) is 16.8. The monoisotopic (exact) mass is 497 g/mol. The van der Waals surface area contributed by atoms with Gasteiger partial charge in [-0.3, -0.25) is 14.5 Å². The summed E-state index contributed by atoms with van der Waals surface area (Å²) in [5.74, 6) is -1.49. The Morgan fingerprint density at radius 1 is 0.865 bits per heavy atom. The maximum Gasteiger partial charge on any atom is 0.300 e. The van der Waals surface area contributed by atoms with Crippen LogP contribution in [-0.2, 0) is 9.59 Å². The van der Waals surface area contributed by atoms with Gasteiger partial charge >= 0.3 is 0 Å². The summed E-state index contributed by atoms with van der Waals surface area (Å²) in [4.78, 5) is 32.7. The van der Waals surface area contributed by atoms with Crippen LogP contribution in [0.4, 0.5) is 17.1 Å². The molecule has 1 aliphatic heterocycles. The van der Waals surface area contributed by atoms with Crippen molar-refractivity contribution in [1.82, 2.24) is 0 Å². The molecule has 3 aromatic carbocycles. The van der Waals surface area contributed by atoms with E-state index in [1.165, 1.54) is 4.90 Å². The van der Waals surface area contributed by atoms with Crippen LogP contribution in [0.25, 0.3) is 5.76 Å². The molecule has 1 fully saturated rings. The van der Waals surface area contributed by atoms with Gasteiger partial charge in [-0.1, -0.05) is 29.8 Å². The van der Waals surface area contributed by atoms with Crippen LogP contribution in [0.3, 0.4) is 0 Å². The second-order valence-electron chi connectivity index (χ2n) is 9.66. The highest BCUT2D eigenvalue weighted by molar-refractivity contribution is 6.51. The van der Waals surface area contributed by atoms with E-state index in [4.69, 9.17) is 0 Å². The lowest BCUT2D eigenvalue weighted by Crippen LogP contribution is -2.29. The Morgan fingerprint density at radius 3 is 2.03 bits per heavy atom. The zero-order chi connectivity index (χ0) is 26.9. The van der Waals surface area contributed by atoms with Crippen molar-refractivity contribution in [2.45, 2.75) is 33.7 Å². The van der Waals surface area contributed by atoms with E-state index in [9.17, 15) is 14.7 Å². The molecule has 192 valence electrons. The standard InChI is InChI=1S/C31H35N3O3/c1-7-33(8-2)24-15-17-25(18-16-24)34-28(22-11-13-23(14-12-22)32(5)6)27(30(36)31(34)37)29(35)26-19-20(3)9-10-21(26)4/h9-19,28,35H,7-8H2,1-6H3/b29-27+. The van der Waals surface area contributed by atoms with Crippen molar-refractivity contribution in [2.75, 3.05) is 41.9 Å². The summed E-state index contributed by atoms with van der Waals surface area (Å²) in [6.45, 7) is 9.76. The van der Waals surface area contributed by atoms with Gasteiger partial charge in [0.25, 0.3) is 11.7 Å². The number of hydrogen-bond donors (Lipinski definition) is 1. The molecule has 4 rings (SSSR count). The van der Waals surface area contributed by atoms with Crippen molar-refractivity contribution in [3.63, 3.8) is 0 Å². The first kappa shape index (κ1) is 26.0. The highest BCUT2D eigenvalue weighted by Gasteiger charge is 2.47. The molecule has 6 heteroatoms. The number of amides is 1. The minimum Gasteiger partial charge on any atom is -0.507 e. The van der Waals surface area contributed by atoms with Crippen LogP contribution >= 0.6 is 0 Å². The molecule has 0 spiro atoms. The van der Waals surface area contributed by atoms with Gasteiger partial charge in [0.15, 0.2) is 0 Å². The van der Waals surface area contributed by atoms with Crippen molar-refractivity contribution in [3.8, 4) is 0 Å². The van der Waals surface area contributed by atoms with Crippen molar-refractivity contribution in [3.05, 3.63) is 94.6 Å². The Hall–Kier alpha value is -4.06. The second-order valence-corrected chi connectivity index (χ2v) is 9.66. The van der Waals surface area contributed by atoms with E-state index >= 15 is 0 Å². The number of aliphatic hydroxyl groups excluding tert-OH is 1. The molecule has 3 aromatic rings. The molecule has 37 heavy (non-hydrogen) atoms. The van der Waals surface area contributed by atoms with Gasteiger partial charge < -0.3 is 14.9 Å². The van der Waals surface area contributed by atoms with Gasteiger partial charge in [-0.15, -0.1) is 0 Å². The van der Waals surface area contributed by atoms with Crippen molar-refractivity contribution < 1.29 is 14.7 Å². The number of anilines is 3. The number of Topliss-reactive ketones (excluding diaryl/α,β-unsaturated/α-hetero) is 1. The third kappa shape index (κ3) is 4.84. The highest BCUT2D eigenvalue weighted by Crippen LogP contribution is 2.43. The number of aliphatic hydroxyl groups is 1. The van der Waals surface area contributed by atoms with E-state index in [0.717, 1.165) is 41.2 Å². The Kier molecular flexibility index (Phi) is 7.39. The van der Waals surface area contributed by atoms with Gasteiger partial charge in [0.05, 0.1) is 11.6 Å². The van der Waals surface area contributed by atoms with Crippen molar-refractivity contribution in [2.24, 2.45) is 0 Å². The average Bonchev–Trinajstić information content (AvgIpc) is 3.16. The molecule has 0 radical (unpaired) electrons. The van der Waals surface area contributed by atoms with Crippen LogP contribution in [0.1, 0.15) is 42.1 Å². The van der Waals surface area contributed by atoms with Crippen LogP contribution in [-0.4, -0.2) is 44.0 Å². The van der Waals surface area contributed by atoms with Crippen LogP contribution in [0.15, 0.2) is 72.3 Å². The zero-order valence-corrected chi connectivity index (χ0v) is 22.4. The Morgan fingerprint density at radius 2 is 1.46 bits per heavy atom. The fraction of sp³-hybridized carbons (Fsp3) is 0.290. The third-order valence-corrected chi connectivity index (χ3v) is 7.07. The van der Waals surface area contributed by atoms with E-state index in [0.29, 0.717) is 11.3 Å². The predicted molar refractivity (Wildman–Crippen MR) is 151 cm³/mol. The van der Waals surface area contributed by atoms with E-state index < -0.39 is 17.7 Å². The number of ketones is 1. The van der Waals surface area contributed by atoms with E-state index in [1.807, 2.05) is 99.6 Å². The molecule has 1 aliphatic rings. The molecule has 1 heterocycles. The number of rotatable bonds is 7. The Balaban J connectivity index is 1.90. The summed E-state index contributed by atoms with van der Waals surface area (Å²) in [6.07, 6.45) is 0. The lowest BCUT2D eigenvalue weighted by atomic mass is 9.93. The van der Waals surface area contributed by atoms with Crippen LogP contribution in [0.2, 0.25) is 0 Å². The number of carbonyl (C=O) groups excluding carboxylic acids is 2. The Labute approximate surface area is 219 Å². The number of hydrogen-bond acceptors (Lipinski definition) is 5. The molecule has 6 nitrogen and oxygen atoms in total. The van der Waals surface area contributed by atoms with Gasteiger partial charge in [-0.25, -0.2) is 0 Å². The molecule has 0 aliphatic carbocycles. The molecular weight excluding hydrogens is 462 g/mol. The molecular formula is C31H35N3O3. The minimum absolute atomic E-state index is 0.101. The van der Waals surface area contributed by atoms with Crippen LogP contribution in [0, 0.1) is 13.8 Å². The third-order valence-electron chi connectivity index (χ3n) is 7.07. The summed E-state index contributed by atoms with van der Waals surface area (Å²) in [5, 5.41) is 11.5. The topological polar surface area (TPSA) is 64.1 Å². The van der Waals surface area contributed by atoms with E-state index in [2.05, 4.69) is 18.7 Å². The molecule has 0 bridgehead atoms. The smallest absolute Gasteiger partial charge is 0.300 e. The van der Waals surface area contributed by atoms with Gasteiger partial charge in [-0.2, -0.15) is 0 Å². The number of aryl methyl sites for hydroxylation is 2. The van der Waals surface area contributed by atoms with Crippen molar-refractivity contribution in [1.29, 1.82) is 0 Å². The van der Waals surface area contributed by atoms with Crippen molar-refractivity contribution >= 4 is 34.5 Å². The summed E-state index contributed by atoms with van der Waals surface area (Å²) >= 11 is 0. The molecule has 1 amide bonds. The predicted octanol–water partition coefficient (Wildman–Crippen LogP) is 5.84. The fourth-order valence-electron chi connectivity index (χ4n) is 4.92. The molecule has 1 N–H and O–H groups in total. The molecule has 1 unspecified atom stereocenters. The van der Waals surface area contributed by atoms with Crippen LogP contribution in [0.5, 0.6) is 0 Å². The SMILES string of the molecule is CCN(CC)c1ccc(N2C(=O)C(=O)/C(=C(/O)c3cc(C)ccc3C)C2c2ccc(N(C)C)cc2)cc1. The lowest BCUT2D eigenvalue weighted by Gasteiger charge is -2.27. The van der Waals surface area contributed by atoms with Gasteiger partial charge in [0, 0.05) is 49.8 Å². The first-order valence-electron chi connectivity index (χ1n) is 12.7.